The van der Waals surface area contributed by atoms with Gasteiger partial charge in [-0.2, -0.15) is 0 Å². The van der Waals surface area contributed by atoms with Crippen molar-refractivity contribution in [1.82, 2.24) is 19.4 Å². The highest BCUT2D eigenvalue weighted by Crippen LogP contribution is 2.27. The summed E-state index contributed by atoms with van der Waals surface area (Å²) in [5.74, 6) is 0.0609. The van der Waals surface area contributed by atoms with E-state index in [9.17, 15) is 9.18 Å². The summed E-state index contributed by atoms with van der Waals surface area (Å²) in [6.45, 7) is 3.36. The molecule has 0 aliphatic rings. The SMILES string of the molecule is Cc1nc(C)c(C(=O)Nc2ccc(F)c(-c3cn4cc(-c5ccccc5)cnc4n3)c2)o1. The van der Waals surface area contributed by atoms with Gasteiger partial charge < -0.3 is 9.73 Å². The average molecular weight is 427 g/mol. The maximum Gasteiger partial charge on any atom is 0.293 e. The van der Waals surface area contributed by atoms with Crippen LogP contribution in [-0.2, 0) is 0 Å². The third kappa shape index (κ3) is 3.62. The van der Waals surface area contributed by atoms with Gasteiger partial charge in [0.2, 0.25) is 11.5 Å². The second-order valence-electron chi connectivity index (χ2n) is 7.34. The van der Waals surface area contributed by atoms with E-state index in [1.54, 1.807) is 30.6 Å². The number of amides is 1. The van der Waals surface area contributed by atoms with Gasteiger partial charge in [-0.3, -0.25) is 9.20 Å². The van der Waals surface area contributed by atoms with Crippen LogP contribution in [0.25, 0.3) is 28.2 Å². The molecule has 0 unspecified atom stereocenters. The van der Waals surface area contributed by atoms with E-state index < -0.39 is 11.7 Å². The first-order valence-corrected chi connectivity index (χ1v) is 9.93. The zero-order valence-corrected chi connectivity index (χ0v) is 17.3. The number of hydrogen-bond donors (Lipinski definition) is 1. The first-order valence-electron chi connectivity index (χ1n) is 9.93. The Morgan fingerprint density at radius 3 is 2.59 bits per heavy atom. The van der Waals surface area contributed by atoms with E-state index in [0.717, 1.165) is 11.1 Å². The standard InChI is InChI=1S/C24H18FN5O2/c1-14-22(32-15(2)27-14)23(31)28-18-8-9-20(25)19(10-18)21-13-30-12-17(11-26-24(30)29-21)16-6-4-3-5-7-16/h3-13H,1-2H3,(H,28,31). The second-order valence-corrected chi connectivity index (χ2v) is 7.34. The number of carbonyl (C=O) groups is 1. The van der Waals surface area contributed by atoms with Gasteiger partial charge in [0.1, 0.15) is 5.82 Å². The van der Waals surface area contributed by atoms with Gasteiger partial charge in [0.05, 0.1) is 11.4 Å². The van der Waals surface area contributed by atoms with Crippen molar-refractivity contribution in [2.75, 3.05) is 5.32 Å². The lowest BCUT2D eigenvalue weighted by Crippen LogP contribution is -2.12. The molecule has 0 saturated heterocycles. The van der Waals surface area contributed by atoms with E-state index in [0.29, 0.717) is 28.7 Å². The van der Waals surface area contributed by atoms with Gasteiger partial charge >= 0.3 is 0 Å². The summed E-state index contributed by atoms with van der Waals surface area (Å²) in [6.07, 6.45) is 5.34. The van der Waals surface area contributed by atoms with Crippen LogP contribution in [0.3, 0.4) is 0 Å². The highest BCUT2D eigenvalue weighted by Gasteiger charge is 2.18. The summed E-state index contributed by atoms with van der Waals surface area (Å²) in [5.41, 5.74) is 3.49. The largest absolute Gasteiger partial charge is 0.436 e. The Hall–Kier alpha value is -4.33. The summed E-state index contributed by atoms with van der Waals surface area (Å²) in [7, 11) is 0. The van der Waals surface area contributed by atoms with Gasteiger partial charge in [0.15, 0.2) is 5.89 Å². The average Bonchev–Trinajstić information content (AvgIpc) is 3.37. The smallest absolute Gasteiger partial charge is 0.293 e. The molecule has 0 spiro atoms. The molecule has 1 N–H and O–H groups in total. The molecule has 0 aliphatic heterocycles. The van der Waals surface area contributed by atoms with Gasteiger partial charge in [0, 0.05) is 42.3 Å². The summed E-state index contributed by atoms with van der Waals surface area (Å²) in [6, 6.07) is 14.1. The summed E-state index contributed by atoms with van der Waals surface area (Å²) in [5, 5.41) is 2.72. The molecule has 3 heterocycles. The van der Waals surface area contributed by atoms with Crippen molar-refractivity contribution in [3.8, 4) is 22.4 Å². The van der Waals surface area contributed by atoms with Crippen LogP contribution in [-0.4, -0.2) is 25.3 Å². The van der Waals surface area contributed by atoms with Gasteiger partial charge in [-0.25, -0.2) is 19.3 Å². The van der Waals surface area contributed by atoms with Crippen LogP contribution in [0.4, 0.5) is 10.1 Å². The predicted octanol–water partition coefficient (Wildman–Crippen LogP) is 5.06. The highest BCUT2D eigenvalue weighted by molar-refractivity contribution is 6.03. The number of oxazole rings is 1. The predicted molar refractivity (Wildman–Crippen MR) is 118 cm³/mol. The number of nitrogens with zero attached hydrogens (tertiary/aromatic N) is 4. The summed E-state index contributed by atoms with van der Waals surface area (Å²) >= 11 is 0. The van der Waals surface area contributed by atoms with Crippen LogP contribution < -0.4 is 5.32 Å². The van der Waals surface area contributed by atoms with Crippen LogP contribution in [0.15, 0.2) is 71.5 Å². The first kappa shape index (κ1) is 19.6. The first-order chi connectivity index (χ1) is 15.5. The second kappa shape index (κ2) is 7.73. The third-order valence-corrected chi connectivity index (χ3v) is 5.03. The van der Waals surface area contributed by atoms with Crippen molar-refractivity contribution < 1.29 is 13.6 Å². The molecular formula is C24H18FN5O2. The lowest BCUT2D eigenvalue weighted by molar-refractivity contribution is 0.0994. The fraction of sp³-hybridized carbons (Fsp3) is 0.0833. The number of nitrogens with one attached hydrogen (secondary N) is 1. The Balaban J connectivity index is 1.48. The normalized spacial score (nSPS) is 11.1. The lowest BCUT2D eigenvalue weighted by Gasteiger charge is -2.06. The number of anilines is 1. The Morgan fingerprint density at radius 1 is 1.03 bits per heavy atom. The molecule has 3 aromatic heterocycles. The zero-order chi connectivity index (χ0) is 22.2. The molecule has 0 fully saturated rings. The van der Waals surface area contributed by atoms with Crippen molar-refractivity contribution in [1.29, 1.82) is 0 Å². The monoisotopic (exact) mass is 427 g/mol. The number of halogens is 1. The molecule has 1 amide bonds. The molecule has 2 aromatic carbocycles. The number of aryl methyl sites for hydroxylation is 2. The maximum atomic E-state index is 14.6. The van der Waals surface area contributed by atoms with Crippen molar-refractivity contribution in [2.45, 2.75) is 13.8 Å². The van der Waals surface area contributed by atoms with E-state index in [2.05, 4.69) is 20.3 Å². The number of rotatable bonds is 4. The Bertz CT molecular complexity index is 1460. The van der Waals surface area contributed by atoms with Crippen LogP contribution >= 0.6 is 0 Å². The molecule has 7 nitrogen and oxygen atoms in total. The van der Waals surface area contributed by atoms with Gasteiger partial charge in [-0.15, -0.1) is 0 Å². The highest BCUT2D eigenvalue weighted by atomic mass is 19.1. The molecule has 0 atom stereocenters. The molecular weight excluding hydrogens is 409 g/mol. The number of benzene rings is 2. The van der Waals surface area contributed by atoms with E-state index in [4.69, 9.17) is 4.42 Å². The van der Waals surface area contributed by atoms with Crippen LogP contribution in [0, 0.1) is 19.7 Å². The van der Waals surface area contributed by atoms with Gasteiger partial charge in [-0.1, -0.05) is 30.3 Å². The molecule has 0 bridgehead atoms. The van der Waals surface area contributed by atoms with E-state index in [1.165, 1.54) is 18.2 Å². The van der Waals surface area contributed by atoms with Crippen LogP contribution in [0.5, 0.6) is 0 Å². The Labute approximate surface area is 182 Å². The number of aromatic nitrogens is 4. The minimum Gasteiger partial charge on any atom is -0.436 e. The third-order valence-electron chi connectivity index (χ3n) is 5.03. The number of fused-ring (bicyclic) bond motifs is 1. The molecule has 8 heteroatoms. The van der Waals surface area contributed by atoms with Gasteiger partial charge in [0.25, 0.3) is 5.91 Å². The summed E-state index contributed by atoms with van der Waals surface area (Å²) in [4.78, 5) is 25.5. The maximum absolute atomic E-state index is 14.6. The van der Waals surface area contributed by atoms with Crippen LogP contribution in [0.1, 0.15) is 22.1 Å². The van der Waals surface area contributed by atoms with Crippen molar-refractivity contribution >= 4 is 17.4 Å². The van der Waals surface area contributed by atoms with Crippen molar-refractivity contribution in [2.24, 2.45) is 0 Å². The fourth-order valence-corrected chi connectivity index (χ4v) is 3.52. The van der Waals surface area contributed by atoms with Crippen molar-refractivity contribution in [3.63, 3.8) is 0 Å². The Kier molecular flexibility index (Phi) is 4.74. The zero-order valence-electron chi connectivity index (χ0n) is 17.3. The minimum atomic E-state index is -0.457. The molecule has 0 saturated carbocycles. The quantitative estimate of drug-likeness (QED) is 0.433. The van der Waals surface area contributed by atoms with E-state index in [1.807, 2.05) is 36.5 Å². The Morgan fingerprint density at radius 2 is 1.84 bits per heavy atom. The lowest BCUT2D eigenvalue weighted by atomic mass is 10.1. The van der Waals surface area contributed by atoms with Crippen LogP contribution in [0.2, 0.25) is 0 Å². The van der Waals surface area contributed by atoms with E-state index >= 15 is 0 Å². The number of hydrogen-bond acceptors (Lipinski definition) is 5. The van der Waals surface area contributed by atoms with E-state index in [-0.39, 0.29) is 11.3 Å². The molecule has 32 heavy (non-hydrogen) atoms. The molecule has 0 radical (unpaired) electrons. The summed E-state index contributed by atoms with van der Waals surface area (Å²) < 4.78 is 21.8. The minimum absolute atomic E-state index is 0.124. The molecule has 5 aromatic rings. The molecule has 0 aliphatic carbocycles. The number of carbonyl (C=O) groups excluding carboxylic acids is 1. The number of imidazole rings is 1. The molecule has 5 rings (SSSR count). The molecule has 158 valence electrons. The van der Waals surface area contributed by atoms with Gasteiger partial charge in [-0.05, 0) is 30.7 Å². The topological polar surface area (TPSA) is 85.3 Å². The van der Waals surface area contributed by atoms with Crippen molar-refractivity contribution in [3.05, 3.63) is 90.3 Å². The fourth-order valence-electron chi connectivity index (χ4n) is 3.52.